The molecule has 0 fully saturated rings. The SMILES string of the molecule is O=C(NCc1ccc(Cl)cc1Cl)c1cccc(NC2=C(Cl)C(=O)N(c3ccc(F)c(Cl)c3)C2=O)c1. The first-order valence-corrected chi connectivity index (χ1v) is 11.5. The maximum Gasteiger partial charge on any atom is 0.283 e. The number of rotatable bonds is 6. The number of anilines is 2. The minimum atomic E-state index is -0.796. The van der Waals surface area contributed by atoms with Gasteiger partial charge in [0.25, 0.3) is 17.7 Å². The molecule has 178 valence electrons. The summed E-state index contributed by atoms with van der Waals surface area (Å²) in [6.07, 6.45) is 0. The third-order valence-electron chi connectivity index (χ3n) is 5.04. The molecule has 3 aromatic carbocycles. The second kappa shape index (κ2) is 10.3. The molecule has 0 aromatic heterocycles. The summed E-state index contributed by atoms with van der Waals surface area (Å²) in [5, 5.41) is 5.85. The van der Waals surface area contributed by atoms with E-state index in [-0.39, 0.29) is 33.5 Å². The van der Waals surface area contributed by atoms with E-state index in [1.165, 1.54) is 12.1 Å². The Morgan fingerprint density at radius 3 is 2.37 bits per heavy atom. The van der Waals surface area contributed by atoms with Crippen LogP contribution in [0.1, 0.15) is 15.9 Å². The Morgan fingerprint density at radius 1 is 0.886 bits per heavy atom. The van der Waals surface area contributed by atoms with Gasteiger partial charge in [0.05, 0.1) is 10.7 Å². The first kappa shape index (κ1) is 25.0. The van der Waals surface area contributed by atoms with E-state index in [9.17, 15) is 18.8 Å². The zero-order chi connectivity index (χ0) is 25.3. The van der Waals surface area contributed by atoms with Crippen LogP contribution in [0, 0.1) is 5.82 Å². The highest BCUT2D eigenvalue weighted by molar-refractivity contribution is 6.53. The fourth-order valence-electron chi connectivity index (χ4n) is 3.30. The first-order chi connectivity index (χ1) is 16.7. The molecule has 1 heterocycles. The Balaban J connectivity index is 1.49. The predicted octanol–water partition coefficient (Wildman–Crippen LogP) is 6.15. The standard InChI is InChI=1S/C24H14Cl4FN3O3/c25-14-5-4-13(17(26)9-14)11-30-22(33)12-2-1-3-15(8-12)31-21-20(28)23(34)32(24(21)35)16-6-7-19(29)18(27)10-16/h1-10,31H,11H2,(H,30,33). The zero-order valence-electron chi connectivity index (χ0n) is 17.5. The van der Waals surface area contributed by atoms with Crippen LogP contribution in [0.25, 0.3) is 0 Å². The van der Waals surface area contributed by atoms with Gasteiger partial charge < -0.3 is 10.6 Å². The molecule has 11 heteroatoms. The monoisotopic (exact) mass is 551 g/mol. The van der Waals surface area contributed by atoms with Gasteiger partial charge >= 0.3 is 0 Å². The van der Waals surface area contributed by atoms with E-state index in [1.54, 1.807) is 36.4 Å². The van der Waals surface area contributed by atoms with Gasteiger partial charge in [0.1, 0.15) is 16.5 Å². The summed E-state index contributed by atoms with van der Waals surface area (Å²) >= 11 is 23.9. The summed E-state index contributed by atoms with van der Waals surface area (Å²) in [4.78, 5) is 39.0. The number of hydrogen-bond donors (Lipinski definition) is 2. The van der Waals surface area contributed by atoms with Crippen molar-refractivity contribution in [1.82, 2.24) is 5.32 Å². The number of carbonyl (C=O) groups excluding carboxylic acids is 3. The van der Waals surface area contributed by atoms with E-state index in [0.717, 1.165) is 17.0 Å². The summed E-state index contributed by atoms with van der Waals surface area (Å²) in [6, 6.07) is 14.6. The third-order valence-corrected chi connectivity index (χ3v) is 6.26. The van der Waals surface area contributed by atoms with Crippen molar-refractivity contribution in [3.63, 3.8) is 0 Å². The lowest BCUT2D eigenvalue weighted by atomic mass is 10.1. The number of imide groups is 1. The quantitative estimate of drug-likeness (QED) is 0.359. The molecule has 3 amide bonds. The summed E-state index contributed by atoms with van der Waals surface area (Å²) in [7, 11) is 0. The van der Waals surface area contributed by atoms with Crippen molar-refractivity contribution in [2.24, 2.45) is 0 Å². The van der Waals surface area contributed by atoms with Gasteiger partial charge in [-0.15, -0.1) is 0 Å². The van der Waals surface area contributed by atoms with E-state index >= 15 is 0 Å². The molecular formula is C24H14Cl4FN3O3. The Bertz CT molecular complexity index is 1410. The number of carbonyl (C=O) groups is 3. The molecule has 0 saturated heterocycles. The van der Waals surface area contributed by atoms with E-state index in [2.05, 4.69) is 10.6 Å². The lowest BCUT2D eigenvalue weighted by molar-refractivity contribution is -0.120. The molecule has 6 nitrogen and oxygen atoms in total. The number of nitrogens with zero attached hydrogens (tertiary/aromatic N) is 1. The maximum atomic E-state index is 13.5. The van der Waals surface area contributed by atoms with Crippen molar-refractivity contribution in [3.05, 3.63) is 103 Å². The lowest BCUT2D eigenvalue weighted by Gasteiger charge is -2.15. The smallest absolute Gasteiger partial charge is 0.283 e. The summed E-state index contributed by atoms with van der Waals surface area (Å²) in [5.41, 5.74) is 1.19. The Labute approximate surface area is 219 Å². The lowest BCUT2D eigenvalue weighted by Crippen LogP contribution is -2.32. The predicted molar refractivity (Wildman–Crippen MR) is 134 cm³/mol. The summed E-state index contributed by atoms with van der Waals surface area (Å²) in [5.74, 6) is -2.64. The van der Waals surface area contributed by atoms with Crippen molar-refractivity contribution in [2.75, 3.05) is 10.2 Å². The largest absolute Gasteiger partial charge is 0.350 e. The fourth-order valence-corrected chi connectivity index (χ4v) is 4.16. The Kier molecular flexibility index (Phi) is 7.33. The number of halogens is 5. The number of benzene rings is 3. The molecule has 0 aliphatic carbocycles. The molecule has 3 aromatic rings. The second-order valence-electron chi connectivity index (χ2n) is 7.36. The number of hydrogen-bond acceptors (Lipinski definition) is 4. The molecule has 0 spiro atoms. The molecule has 0 unspecified atom stereocenters. The van der Waals surface area contributed by atoms with Gasteiger partial charge in [0, 0.05) is 27.8 Å². The zero-order valence-corrected chi connectivity index (χ0v) is 20.6. The first-order valence-electron chi connectivity index (χ1n) is 9.98. The van der Waals surface area contributed by atoms with Crippen LogP contribution < -0.4 is 15.5 Å². The molecule has 1 aliphatic heterocycles. The van der Waals surface area contributed by atoms with Crippen molar-refractivity contribution >= 4 is 75.5 Å². The molecular weight excluding hydrogens is 539 g/mol. The van der Waals surface area contributed by atoms with Crippen molar-refractivity contribution in [3.8, 4) is 0 Å². The van der Waals surface area contributed by atoms with Gasteiger partial charge in [-0.1, -0.05) is 58.5 Å². The Morgan fingerprint density at radius 2 is 1.66 bits per heavy atom. The van der Waals surface area contributed by atoms with E-state index in [0.29, 0.717) is 21.3 Å². The van der Waals surface area contributed by atoms with E-state index < -0.39 is 23.5 Å². The minimum absolute atomic E-state index is 0.0651. The molecule has 0 saturated carbocycles. The van der Waals surface area contributed by atoms with Crippen LogP contribution in [0.4, 0.5) is 15.8 Å². The van der Waals surface area contributed by atoms with Gasteiger partial charge in [0.15, 0.2) is 0 Å². The van der Waals surface area contributed by atoms with Crippen LogP contribution in [0.2, 0.25) is 15.1 Å². The Hall–Kier alpha value is -3.10. The third kappa shape index (κ3) is 5.28. The van der Waals surface area contributed by atoms with Crippen LogP contribution in [0.5, 0.6) is 0 Å². The van der Waals surface area contributed by atoms with Gasteiger partial charge in [-0.05, 0) is 54.1 Å². The molecule has 4 rings (SSSR count). The second-order valence-corrected chi connectivity index (χ2v) is 8.99. The van der Waals surface area contributed by atoms with Crippen LogP contribution in [-0.4, -0.2) is 17.7 Å². The van der Waals surface area contributed by atoms with Crippen molar-refractivity contribution in [1.29, 1.82) is 0 Å². The normalized spacial score (nSPS) is 13.5. The van der Waals surface area contributed by atoms with Crippen LogP contribution in [0.15, 0.2) is 71.4 Å². The van der Waals surface area contributed by atoms with E-state index in [1.807, 2.05) is 0 Å². The average molecular weight is 553 g/mol. The van der Waals surface area contributed by atoms with Gasteiger partial charge in [-0.3, -0.25) is 14.4 Å². The highest BCUT2D eigenvalue weighted by Crippen LogP contribution is 2.32. The molecule has 1 aliphatic rings. The molecule has 0 atom stereocenters. The van der Waals surface area contributed by atoms with E-state index in [4.69, 9.17) is 46.4 Å². The molecule has 0 radical (unpaired) electrons. The van der Waals surface area contributed by atoms with Gasteiger partial charge in [-0.25, -0.2) is 9.29 Å². The van der Waals surface area contributed by atoms with Crippen LogP contribution >= 0.6 is 46.4 Å². The summed E-state index contributed by atoms with van der Waals surface area (Å²) < 4.78 is 13.5. The molecule has 35 heavy (non-hydrogen) atoms. The molecule has 2 N–H and O–H groups in total. The van der Waals surface area contributed by atoms with Crippen molar-refractivity contribution < 1.29 is 18.8 Å². The van der Waals surface area contributed by atoms with Crippen molar-refractivity contribution in [2.45, 2.75) is 6.54 Å². The fraction of sp³-hybridized carbons (Fsp3) is 0.0417. The highest BCUT2D eigenvalue weighted by atomic mass is 35.5. The van der Waals surface area contributed by atoms with Crippen LogP contribution in [0.3, 0.4) is 0 Å². The topological polar surface area (TPSA) is 78.5 Å². The number of nitrogens with one attached hydrogen (secondary N) is 2. The molecule has 0 bridgehead atoms. The van der Waals surface area contributed by atoms with Crippen LogP contribution in [-0.2, 0) is 16.1 Å². The average Bonchev–Trinajstić information content (AvgIpc) is 3.03. The van der Waals surface area contributed by atoms with Gasteiger partial charge in [0.2, 0.25) is 0 Å². The number of amides is 3. The van der Waals surface area contributed by atoms with Gasteiger partial charge in [-0.2, -0.15) is 0 Å². The minimum Gasteiger partial charge on any atom is -0.350 e. The summed E-state index contributed by atoms with van der Waals surface area (Å²) in [6.45, 7) is 0.172. The highest BCUT2D eigenvalue weighted by Gasteiger charge is 2.39. The maximum absolute atomic E-state index is 13.5.